The van der Waals surface area contributed by atoms with E-state index in [9.17, 15) is 9.59 Å². The van der Waals surface area contributed by atoms with Gasteiger partial charge >= 0.3 is 0 Å². The molecule has 2 rings (SSSR count). The topological polar surface area (TPSA) is 58.6 Å². The first kappa shape index (κ1) is 17.5. The number of carbonyl (C=O) groups is 2. The molecule has 5 nitrogen and oxygen atoms in total. The second-order valence-corrected chi connectivity index (χ2v) is 5.69. The van der Waals surface area contributed by atoms with E-state index in [4.69, 9.17) is 4.74 Å². The van der Waals surface area contributed by atoms with Gasteiger partial charge < -0.3 is 15.0 Å². The van der Waals surface area contributed by atoms with Crippen molar-refractivity contribution in [2.75, 3.05) is 23.9 Å². The van der Waals surface area contributed by atoms with Crippen molar-refractivity contribution >= 4 is 23.2 Å². The summed E-state index contributed by atoms with van der Waals surface area (Å²) < 4.78 is 5.26. The first-order valence-corrected chi connectivity index (χ1v) is 7.70. The molecule has 0 bridgehead atoms. The average Bonchev–Trinajstić information content (AvgIpc) is 2.53. The Bertz CT molecular complexity index is 739. The number of amides is 2. The Hall–Kier alpha value is -2.82. The maximum atomic E-state index is 12.4. The Morgan fingerprint density at radius 2 is 1.67 bits per heavy atom. The zero-order valence-corrected chi connectivity index (χ0v) is 14.4. The fourth-order valence-electron chi connectivity index (χ4n) is 2.36. The monoisotopic (exact) mass is 326 g/mol. The summed E-state index contributed by atoms with van der Waals surface area (Å²) in [6.45, 7) is 5.29. The largest absolute Gasteiger partial charge is 0.495 e. The predicted molar refractivity (Wildman–Crippen MR) is 95.6 cm³/mol. The van der Waals surface area contributed by atoms with Crippen LogP contribution in [0, 0.1) is 13.8 Å². The van der Waals surface area contributed by atoms with Crippen LogP contribution < -0.4 is 15.0 Å². The van der Waals surface area contributed by atoms with E-state index in [2.05, 4.69) is 5.32 Å². The van der Waals surface area contributed by atoms with Crippen molar-refractivity contribution in [3.8, 4) is 5.75 Å². The number of hydrogen-bond donors (Lipinski definition) is 1. The van der Waals surface area contributed by atoms with Gasteiger partial charge in [0.1, 0.15) is 12.3 Å². The van der Waals surface area contributed by atoms with Gasteiger partial charge in [0.15, 0.2) is 0 Å². The molecule has 1 N–H and O–H groups in total. The Morgan fingerprint density at radius 3 is 2.25 bits per heavy atom. The van der Waals surface area contributed by atoms with Crippen LogP contribution in [-0.4, -0.2) is 25.5 Å². The van der Waals surface area contributed by atoms with Crippen molar-refractivity contribution < 1.29 is 14.3 Å². The summed E-state index contributed by atoms with van der Waals surface area (Å²) in [6.07, 6.45) is 0. The van der Waals surface area contributed by atoms with E-state index in [0.717, 1.165) is 11.1 Å². The summed E-state index contributed by atoms with van der Waals surface area (Å²) in [5.41, 5.74) is 3.39. The summed E-state index contributed by atoms with van der Waals surface area (Å²) >= 11 is 0. The van der Waals surface area contributed by atoms with Crippen LogP contribution in [0.1, 0.15) is 18.1 Å². The van der Waals surface area contributed by atoms with Crippen LogP contribution in [0.2, 0.25) is 0 Å². The SMILES string of the molecule is COc1ccc(C)cc1NC(=O)CN(C(C)=O)c1ccc(C)cc1. The Balaban J connectivity index is 2.16. The molecule has 0 saturated heterocycles. The minimum atomic E-state index is -0.283. The molecule has 0 aliphatic heterocycles. The lowest BCUT2D eigenvalue weighted by Gasteiger charge is -2.21. The Morgan fingerprint density at radius 1 is 1.04 bits per heavy atom. The number of anilines is 2. The molecule has 5 heteroatoms. The molecule has 0 spiro atoms. The lowest BCUT2D eigenvalue weighted by molar-refractivity contribution is -0.120. The molecule has 0 fully saturated rings. The summed E-state index contributed by atoms with van der Waals surface area (Å²) in [6, 6.07) is 13.0. The van der Waals surface area contributed by atoms with Gasteiger partial charge in [-0.05, 0) is 43.7 Å². The number of ether oxygens (including phenoxy) is 1. The van der Waals surface area contributed by atoms with Crippen LogP contribution in [0.4, 0.5) is 11.4 Å². The van der Waals surface area contributed by atoms with Gasteiger partial charge in [-0.25, -0.2) is 0 Å². The fourth-order valence-corrected chi connectivity index (χ4v) is 2.36. The van der Waals surface area contributed by atoms with Crippen molar-refractivity contribution in [2.45, 2.75) is 20.8 Å². The maximum Gasteiger partial charge on any atom is 0.244 e. The molecule has 0 heterocycles. The van der Waals surface area contributed by atoms with Gasteiger partial charge in [-0.3, -0.25) is 9.59 Å². The van der Waals surface area contributed by atoms with Crippen molar-refractivity contribution in [3.05, 3.63) is 53.6 Å². The fraction of sp³-hybridized carbons (Fsp3) is 0.263. The summed E-state index contributed by atoms with van der Waals surface area (Å²) in [5, 5.41) is 2.81. The van der Waals surface area contributed by atoms with E-state index in [1.165, 1.54) is 11.8 Å². The van der Waals surface area contributed by atoms with Crippen molar-refractivity contribution in [3.63, 3.8) is 0 Å². The van der Waals surface area contributed by atoms with Crippen LogP contribution in [0.5, 0.6) is 5.75 Å². The minimum Gasteiger partial charge on any atom is -0.495 e. The molecule has 0 aliphatic carbocycles. The van der Waals surface area contributed by atoms with Crippen LogP contribution in [0.15, 0.2) is 42.5 Å². The molecule has 0 unspecified atom stereocenters. The van der Waals surface area contributed by atoms with Gasteiger partial charge in [0.25, 0.3) is 0 Å². The van der Waals surface area contributed by atoms with Crippen molar-refractivity contribution in [1.82, 2.24) is 0 Å². The highest BCUT2D eigenvalue weighted by atomic mass is 16.5. The van der Waals surface area contributed by atoms with E-state index >= 15 is 0 Å². The third-order valence-corrected chi connectivity index (χ3v) is 3.66. The van der Waals surface area contributed by atoms with Crippen LogP contribution in [0.25, 0.3) is 0 Å². The van der Waals surface area contributed by atoms with E-state index in [-0.39, 0.29) is 18.4 Å². The number of rotatable bonds is 5. The van der Waals surface area contributed by atoms with E-state index in [0.29, 0.717) is 17.1 Å². The number of benzene rings is 2. The molecule has 24 heavy (non-hydrogen) atoms. The number of nitrogens with one attached hydrogen (secondary N) is 1. The third kappa shape index (κ3) is 4.35. The molecular weight excluding hydrogens is 304 g/mol. The van der Waals surface area contributed by atoms with Crippen LogP contribution in [0.3, 0.4) is 0 Å². The highest BCUT2D eigenvalue weighted by molar-refractivity contribution is 6.02. The lowest BCUT2D eigenvalue weighted by atomic mass is 10.2. The first-order valence-electron chi connectivity index (χ1n) is 7.70. The van der Waals surface area contributed by atoms with E-state index < -0.39 is 0 Å². The van der Waals surface area contributed by atoms with Crippen LogP contribution >= 0.6 is 0 Å². The van der Waals surface area contributed by atoms with Gasteiger partial charge in [0.2, 0.25) is 11.8 Å². The maximum absolute atomic E-state index is 12.4. The normalized spacial score (nSPS) is 10.2. The number of aryl methyl sites for hydroxylation is 2. The summed E-state index contributed by atoms with van der Waals surface area (Å²) in [4.78, 5) is 25.7. The van der Waals surface area contributed by atoms with Gasteiger partial charge in [-0.2, -0.15) is 0 Å². The minimum absolute atomic E-state index is 0.0600. The van der Waals surface area contributed by atoms with Crippen LogP contribution in [-0.2, 0) is 9.59 Å². The zero-order valence-electron chi connectivity index (χ0n) is 14.4. The van der Waals surface area contributed by atoms with Gasteiger partial charge in [0.05, 0.1) is 12.8 Å². The Labute approximate surface area is 142 Å². The standard InChI is InChI=1S/C19H22N2O3/c1-13-5-8-16(9-6-13)21(15(3)22)12-19(23)20-17-11-14(2)7-10-18(17)24-4/h5-11H,12H2,1-4H3,(H,20,23). The quantitative estimate of drug-likeness (QED) is 0.917. The van der Waals surface area contributed by atoms with Crippen molar-refractivity contribution in [2.24, 2.45) is 0 Å². The van der Waals surface area contributed by atoms with Gasteiger partial charge in [0, 0.05) is 12.6 Å². The zero-order chi connectivity index (χ0) is 17.7. The average molecular weight is 326 g/mol. The smallest absolute Gasteiger partial charge is 0.244 e. The highest BCUT2D eigenvalue weighted by Crippen LogP contribution is 2.25. The molecule has 2 aromatic rings. The molecular formula is C19H22N2O3. The lowest BCUT2D eigenvalue weighted by Crippen LogP contribution is -2.36. The number of methoxy groups -OCH3 is 1. The number of hydrogen-bond acceptors (Lipinski definition) is 3. The summed E-state index contributed by atoms with van der Waals surface area (Å²) in [7, 11) is 1.55. The highest BCUT2D eigenvalue weighted by Gasteiger charge is 2.17. The molecule has 0 atom stereocenters. The molecule has 2 aromatic carbocycles. The predicted octanol–water partition coefficient (Wildman–Crippen LogP) is 3.30. The second-order valence-electron chi connectivity index (χ2n) is 5.69. The first-order chi connectivity index (χ1) is 11.4. The van der Waals surface area contributed by atoms with E-state index in [1.807, 2.05) is 50.2 Å². The third-order valence-electron chi connectivity index (χ3n) is 3.66. The van der Waals surface area contributed by atoms with Gasteiger partial charge in [-0.1, -0.05) is 23.8 Å². The summed E-state index contributed by atoms with van der Waals surface area (Å²) in [5.74, 6) is 0.110. The number of carbonyl (C=O) groups excluding carboxylic acids is 2. The second kappa shape index (κ2) is 7.64. The molecule has 0 aromatic heterocycles. The Kier molecular flexibility index (Phi) is 5.58. The molecule has 2 amide bonds. The molecule has 126 valence electrons. The van der Waals surface area contributed by atoms with Gasteiger partial charge in [-0.15, -0.1) is 0 Å². The molecule has 0 saturated carbocycles. The van der Waals surface area contributed by atoms with Crippen molar-refractivity contribution in [1.29, 1.82) is 0 Å². The van der Waals surface area contributed by atoms with E-state index in [1.54, 1.807) is 13.2 Å². The molecule has 0 radical (unpaired) electrons. The number of nitrogens with zero attached hydrogens (tertiary/aromatic N) is 1. The molecule has 0 aliphatic rings.